The Labute approximate surface area is 162 Å². The molecule has 0 amide bonds. The van der Waals surface area contributed by atoms with E-state index < -0.39 is 0 Å². The van der Waals surface area contributed by atoms with Gasteiger partial charge in [-0.1, -0.05) is 18.2 Å². The summed E-state index contributed by atoms with van der Waals surface area (Å²) in [7, 11) is 0. The number of hydrogen-bond donors (Lipinski definition) is 0. The molecule has 4 rings (SSSR count). The number of carbonyl (C=O) groups excluding carboxylic acids is 1. The number of pyridine rings is 1. The second-order valence-corrected chi connectivity index (χ2v) is 6.37. The van der Waals surface area contributed by atoms with Crippen LogP contribution >= 0.6 is 0 Å². The van der Waals surface area contributed by atoms with Gasteiger partial charge in [-0.2, -0.15) is 4.98 Å². The number of aromatic nitrogens is 3. The first-order valence-corrected chi connectivity index (χ1v) is 9.27. The van der Waals surface area contributed by atoms with Crippen LogP contribution in [0.15, 0.2) is 53.2 Å². The van der Waals surface area contributed by atoms with Crippen molar-refractivity contribution in [2.75, 3.05) is 42.6 Å². The third-order valence-electron chi connectivity index (χ3n) is 4.58. The van der Waals surface area contributed by atoms with Gasteiger partial charge in [0, 0.05) is 37.9 Å². The lowest BCUT2D eigenvalue weighted by molar-refractivity contribution is 0.0526. The van der Waals surface area contributed by atoms with Crippen molar-refractivity contribution < 1.29 is 14.1 Å². The number of esters is 1. The Morgan fingerprint density at radius 1 is 1.07 bits per heavy atom. The molecular formula is C20H21N5O3. The molecule has 28 heavy (non-hydrogen) atoms. The van der Waals surface area contributed by atoms with Crippen LogP contribution in [0.1, 0.15) is 17.3 Å². The number of benzene rings is 1. The Balaban J connectivity index is 1.37. The fourth-order valence-corrected chi connectivity index (χ4v) is 3.09. The van der Waals surface area contributed by atoms with E-state index in [9.17, 15) is 4.79 Å². The highest BCUT2D eigenvalue weighted by Crippen LogP contribution is 2.22. The monoisotopic (exact) mass is 379 g/mol. The molecule has 1 aliphatic heterocycles. The Kier molecular flexibility index (Phi) is 5.18. The molecule has 0 bridgehead atoms. The molecule has 8 nitrogen and oxygen atoms in total. The van der Waals surface area contributed by atoms with E-state index in [4.69, 9.17) is 9.26 Å². The highest BCUT2D eigenvalue weighted by atomic mass is 16.5. The zero-order valence-electron chi connectivity index (χ0n) is 15.6. The number of piperazine rings is 1. The van der Waals surface area contributed by atoms with Crippen molar-refractivity contribution >= 4 is 17.7 Å². The Morgan fingerprint density at radius 3 is 2.50 bits per heavy atom. The van der Waals surface area contributed by atoms with Crippen LogP contribution in [-0.2, 0) is 4.74 Å². The van der Waals surface area contributed by atoms with Crippen LogP contribution in [0.2, 0.25) is 0 Å². The van der Waals surface area contributed by atoms with Crippen molar-refractivity contribution in [3.8, 4) is 11.5 Å². The summed E-state index contributed by atoms with van der Waals surface area (Å²) in [6, 6.07) is 13.3. The summed E-state index contributed by atoms with van der Waals surface area (Å²) in [5.74, 6) is 1.61. The van der Waals surface area contributed by atoms with Gasteiger partial charge < -0.3 is 19.1 Å². The van der Waals surface area contributed by atoms with E-state index in [-0.39, 0.29) is 5.97 Å². The molecule has 3 heterocycles. The second kappa shape index (κ2) is 8.08. The van der Waals surface area contributed by atoms with Crippen molar-refractivity contribution in [2.24, 2.45) is 0 Å². The molecule has 0 aliphatic carbocycles. The Hall–Kier alpha value is -3.42. The third kappa shape index (κ3) is 3.80. The third-order valence-corrected chi connectivity index (χ3v) is 4.58. The summed E-state index contributed by atoms with van der Waals surface area (Å²) in [6.45, 7) is 5.21. The molecule has 0 saturated carbocycles. The van der Waals surface area contributed by atoms with Crippen molar-refractivity contribution in [3.63, 3.8) is 0 Å². The Bertz CT molecular complexity index is 919. The fraction of sp³-hybridized carbons (Fsp3) is 0.300. The van der Waals surface area contributed by atoms with Crippen LogP contribution in [0.4, 0.5) is 11.8 Å². The zero-order valence-corrected chi connectivity index (χ0v) is 15.6. The maximum absolute atomic E-state index is 11.7. The summed E-state index contributed by atoms with van der Waals surface area (Å²) < 4.78 is 10.4. The van der Waals surface area contributed by atoms with Gasteiger partial charge >= 0.3 is 5.97 Å². The molecular weight excluding hydrogens is 358 g/mol. The number of nitrogens with zero attached hydrogens (tertiary/aromatic N) is 5. The summed E-state index contributed by atoms with van der Waals surface area (Å²) >= 11 is 0. The molecule has 0 spiro atoms. The normalized spacial score (nSPS) is 14.2. The van der Waals surface area contributed by atoms with Gasteiger partial charge in [0.05, 0.1) is 12.2 Å². The van der Waals surface area contributed by atoms with Crippen LogP contribution in [0.5, 0.6) is 0 Å². The van der Waals surface area contributed by atoms with Gasteiger partial charge in [0.2, 0.25) is 0 Å². The molecule has 8 heteroatoms. The first kappa shape index (κ1) is 18.0. The number of anilines is 2. The van der Waals surface area contributed by atoms with Crippen LogP contribution in [0, 0.1) is 0 Å². The van der Waals surface area contributed by atoms with Gasteiger partial charge in [0.1, 0.15) is 5.82 Å². The number of carbonyl (C=O) groups is 1. The molecule has 144 valence electrons. The molecule has 0 radical (unpaired) electrons. The van der Waals surface area contributed by atoms with E-state index >= 15 is 0 Å². The smallest absolute Gasteiger partial charge is 0.339 e. The molecule has 0 N–H and O–H groups in total. The van der Waals surface area contributed by atoms with E-state index in [0.29, 0.717) is 24.0 Å². The van der Waals surface area contributed by atoms with Crippen molar-refractivity contribution in [2.45, 2.75) is 6.92 Å². The quantitative estimate of drug-likeness (QED) is 0.626. The number of hydrogen-bond acceptors (Lipinski definition) is 8. The highest BCUT2D eigenvalue weighted by Gasteiger charge is 2.22. The molecule has 3 aromatic rings. The molecule has 0 unspecified atom stereocenters. The number of rotatable bonds is 5. The van der Waals surface area contributed by atoms with Crippen LogP contribution in [0.3, 0.4) is 0 Å². The standard InChI is InChI=1S/C20H21N5O3/c1-2-27-19(26)16-8-9-17(21-14-16)24-10-12-25(13-11-24)20-22-18(28-23-20)15-6-4-3-5-7-15/h3-9,14H,2,10-13H2,1H3. The molecule has 1 aliphatic rings. The van der Waals surface area contributed by atoms with E-state index in [1.165, 1.54) is 0 Å². The summed E-state index contributed by atoms with van der Waals surface area (Å²) in [6.07, 6.45) is 1.56. The molecule has 1 fully saturated rings. The van der Waals surface area contributed by atoms with Crippen molar-refractivity contribution in [1.82, 2.24) is 15.1 Å². The predicted molar refractivity (Wildman–Crippen MR) is 104 cm³/mol. The maximum atomic E-state index is 11.7. The molecule has 2 aromatic heterocycles. The lowest BCUT2D eigenvalue weighted by Crippen LogP contribution is -2.47. The highest BCUT2D eigenvalue weighted by molar-refractivity contribution is 5.89. The maximum Gasteiger partial charge on any atom is 0.339 e. The molecule has 1 aromatic carbocycles. The fourth-order valence-electron chi connectivity index (χ4n) is 3.09. The molecule has 1 saturated heterocycles. The van der Waals surface area contributed by atoms with Crippen molar-refractivity contribution in [1.29, 1.82) is 0 Å². The van der Waals surface area contributed by atoms with E-state index in [0.717, 1.165) is 37.6 Å². The van der Waals surface area contributed by atoms with Gasteiger partial charge in [-0.05, 0) is 36.3 Å². The first-order valence-electron chi connectivity index (χ1n) is 9.27. The minimum Gasteiger partial charge on any atom is -0.462 e. The van der Waals surface area contributed by atoms with Gasteiger partial charge in [0.25, 0.3) is 11.8 Å². The van der Waals surface area contributed by atoms with E-state index in [1.54, 1.807) is 19.2 Å². The first-order chi connectivity index (χ1) is 13.7. The molecule has 0 atom stereocenters. The average molecular weight is 379 g/mol. The Morgan fingerprint density at radius 2 is 1.82 bits per heavy atom. The SMILES string of the molecule is CCOC(=O)c1ccc(N2CCN(c3noc(-c4ccccc4)n3)CC2)nc1. The van der Waals surface area contributed by atoms with Gasteiger partial charge in [-0.25, -0.2) is 9.78 Å². The number of ether oxygens (including phenoxy) is 1. The van der Waals surface area contributed by atoms with Crippen LogP contribution in [0.25, 0.3) is 11.5 Å². The largest absolute Gasteiger partial charge is 0.462 e. The van der Waals surface area contributed by atoms with Gasteiger partial charge in [-0.15, -0.1) is 0 Å². The second-order valence-electron chi connectivity index (χ2n) is 6.37. The summed E-state index contributed by atoms with van der Waals surface area (Å²) in [4.78, 5) is 24.9. The van der Waals surface area contributed by atoms with E-state index in [1.807, 2.05) is 36.4 Å². The van der Waals surface area contributed by atoms with Crippen LogP contribution in [-0.4, -0.2) is 53.9 Å². The predicted octanol–water partition coefficient (Wildman–Crippen LogP) is 2.63. The van der Waals surface area contributed by atoms with Gasteiger partial charge in [0.15, 0.2) is 0 Å². The van der Waals surface area contributed by atoms with Crippen LogP contribution < -0.4 is 9.80 Å². The summed E-state index contributed by atoms with van der Waals surface area (Å²) in [5.41, 5.74) is 1.37. The van der Waals surface area contributed by atoms with Gasteiger partial charge in [-0.3, -0.25) is 0 Å². The minimum atomic E-state index is -0.349. The zero-order chi connectivity index (χ0) is 19.3. The minimum absolute atomic E-state index is 0.349. The lowest BCUT2D eigenvalue weighted by Gasteiger charge is -2.34. The topological polar surface area (TPSA) is 84.6 Å². The van der Waals surface area contributed by atoms with Crippen molar-refractivity contribution in [3.05, 3.63) is 54.2 Å². The van der Waals surface area contributed by atoms with E-state index in [2.05, 4.69) is 24.9 Å². The lowest BCUT2D eigenvalue weighted by atomic mass is 10.2. The average Bonchev–Trinajstić information content (AvgIpc) is 3.25. The summed E-state index contributed by atoms with van der Waals surface area (Å²) in [5, 5.41) is 4.12.